The molecule has 0 aliphatic carbocycles. The predicted molar refractivity (Wildman–Crippen MR) is 73.6 cm³/mol. The first-order valence-electron chi connectivity index (χ1n) is 6.28. The molecule has 1 atom stereocenters. The van der Waals surface area contributed by atoms with Crippen LogP contribution in [0.1, 0.15) is 32.9 Å². The number of terminal acetylenes is 1. The number of rotatable bonds is 6. The van der Waals surface area contributed by atoms with Crippen molar-refractivity contribution in [2.75, 3.05) is 11.9 Å². The highest BCUT2D eigenvalue weighted by Crippen LogP contribution is 2.14. The van der Waals surface area contributed by atoms with Gasteiger partial charge in [0.15, 0.2) is 0 Å². The third-order valence-corrected chi connectivity index (χ3v) is 2.42. The Morgan fingerprint density at radius 3 is 2.72 bits per heavy atom. The third-order valence-electron chi connectivity index (χ3n) is 2.42. The van der Waals surface area contributed by atoms with E-state index in [9.17, 15) is 0 Å². The molecule has 0 spiro atoms. The van der Waals surface area contributed by atoms with Gasteiger partial charge >= 0.3 is 0 Å². The third kappa shape index (κ3) is 4.25. The molecule has 18 heavy (non-hydrogen) atoms. The van der Waals surface area contributed by atoms with Crippen LogP contribution in [0.5, 0.6) is 5.88 Å². The molecule has 4 nitrogen and oxygen atoms in total. The van der Waals surface area contributed by atoms with Gasteiger partial charge in [0.2, 0.25) is 11.8 Å². The van der Waals surface area contributed by atoms with Gasteiger partial charge in [-0.1, -0.05) is 26.7 Å². The van der Waals surface area contributed by atoms with E-state index in [0.717, 1.165) is 12.1 Å². The van der Waals surface area contributed by atoms with Gasteiger partial charge in [0.05, 0.1) is 12.6 Å². The van der Waals surface area contributed by atoms with Crippen LogP contribution in [0.15, 0.2) is 6.07 Å². The Balaban J connectivity index is 2.82. The molecule has 0 amide bonds. The lowest BCUT2D eigenvalue weighted by atomic mass is 10.1. The van der Waals surface area contributed by atoms with Crippen LogP contribution in [-0.2, 0) is 0 Å². The zero-order valence-corrected chi connectivity index (χ0v) is 11.5. The molecule has 0 bridgehead atoms. The van der Waals surface area contributed by atoms with Crippen LogP contribution in [-0.4, -0.2) is 22.6 Å². The number of aryl methyl sites for hydroxylation is 1. The molecule has 0 aliphatic rings. The zero-order valence-electron chi connectivity index (χ0n) is 11.5. The average Bonchev–Trinajstić information content (AvgIpc) is 2.32. The molecule has 1 N–H and O–H groups in total. The molecular formula is C14H21N3O. The number of nitrogens with zero attached hydrogens (tertiary/aromatic N) is 2. The monoisotopic (exact) mass is 247 g/mol. The molecule has 0 aliphatic heterocycles. The van der Waals surface area contributed by atoms with Crippen molar-refractivity contribution >= 4 is 5.95 Å². The largest absolute Gasteiger partial charge is 0.478 e. The van der Waals surface area contributed by atoms with E-state index < -0.39 is 0 Å². The van der Waals surface area contributed by atoms with Crippen molar-refractivity contribution in [2.45, 2.75) is 40.2 Å². The Morgan fingerprint density at radius 1 is 1.44 bits per heavy atom. The molecule has 98 valence electrons. The lowest BCUT2D eigenvalue weighted by molar-refractivity contribution is 0.304. The minimum absolute atomic E-state index is 0.0779. The minimum atomic E-state index is -0.0779. The molecule has 1 aromatic heterocycles. The molecule has 1 aromatic rings. The van der Waals surface area contributed by atoms with Crippen molar-refractivity contribution in [3.63, 3.8) is 0 Å². The number of hydrogen-bond acceptors (Lipinski definition) is 4. The lowest BCUT2D eigenvalue weighted by Crippen LogP contribution is -2.25. The van der Waals surface area contributed by atoms with Gasteiger partial charge in [-0.15, -0.1) is 6.42 Å². The van der Waals surface area contributed by atoms with Crippen LogP contribution in [0.25, 0.3) is 0 Å². The van der Waals surface area contributed by atoms with E-state index in [1.54, 1.807) is 0 Å². The number of ether oxygens (including phenoxy) is 1. The highest BCUT2D eigenvalue weighted by Gasteiger charge is 2.12. The fourth-order valence-electron chi connectivity index (χ4n) is 1.42. The summed E-state index contributed by atoms with van der Waals surface area (Å²) in [6.45, 7) is 8.73. The average molecular weight is 247 g/mol. The summed E-state index contributed by atoms with van der Waals surface area (Å²) in [5.74, 6) is 4.13. The highest BCUT2D eigenvalue weighted by molar-refractivity contribution is 5.34. The zero-order chi connectivity index (χ0) is 13.5. The van der Waals surface area contributed by atoms with Gasteiger partial charge < -0.3 is 10.1 Å². The van der Waals surface area contributed by atoms with Crippen LogP contribution in [0, 0.1) is 25.2 Å². The Labute approximate surface area is 109 Å². The quantitative estimate of drug-likeness (QED) is 0.785. The summed E-state index contributed by atoms with van der Waals surface area (Å²) in [5, 5.41) is 3.15. The summed E-state index contributed by atoms with van der Waals surface area (Å²) in [5.41, 5.74) is 0.859. The van der Waals surface area contributed by atoms with E-state index in [2.05, 4.69) is 42.0 Å². The van der Waals surface area contributed by atoms with Crippen LogP contribution in [0.3, 0.4) is 0 Å². The first-order chi connectivity index (χ1) is 8.56. The fourth-order valence-corrected chi connectivity index (χ4v) is 1.42. The second-order valence-corrected chi connectivity index (χ2v) is 4.55. The summed E-state index contributed by atoms with van der Waals surface area (Å²) in [6.07, 6.45) is 6.43. The van der Waals surface area contributed by atoms with Crippen molar-refractivity contribution in [3.05, 3.63) is 11.8 Å². The van der Waals surface area contributed by atoms with Crippen molar-refractivity contribution in [1.29, 1.82) is 0 Å². The first-order valence-corrected chi connectivity index (χ1v) is 6.28. The SMILES string of the molecule is C#CC(Nc1nc(C)cc(OCCC)n1)C(C)C. The maximum absolute atomic E-state index is 5.51. The molecule has 0 saturated carbocycles. The van der Waals surface area contributed by atoms with Gasteiger partial charge in [-0.2, -0.15) is 4.98 Å². The van der Waals surface area contributed by atoms with Crippen molar-refractivity contribution < 1.29 is 4.74 Å². The standard InChI is InChI=1S/C14H21N3O/c1-6-8-18-13-9-11(5)15-14(17-13)16-12(7-2)10(3)4/h2,9-10,12H,6,8H2,1,3-5H3,(H,15,16,17). The van der Waals surface area contributed by atoms with E-state index >= 15 is 0 Å². The topological polar surface area (TPSA) is 47.0 Å². The maximum atomic E-state index is 5.51. The molecule has 0 aromatic carbocycles. The van der Waals surface area contributed by atoms with Crippen molar-refractivity contribution in [1.82, 2.24) is 9.97 Å². The van der Waals surface area contributed by atoms with Crippen molar-refractivity contribution in [2.24, 2.45) is 5.92 Å². The summed E-state index contributed by atoms with van der Waals surface area (Å²) in [4.78, 5) is 8.62. The summed E-state index contributed by atoms with van der Waals surface area (Å²) in [7, 11) is 0. The van der Waals surface area contributed by atoms with Crippen LogP contribution in [0.4, 0.5) is 5.95 Å². The van der Waals surface area contributed by atoms with E-state index in [0.29, 0.717) is 24.4 Å². The number of nitrogens with one attached hydrogen (secondary N) is 1. The Morgan fingerprint density at radius 2 is 2.17 bits per heavy atom. The lowest BCUT2D eigenvalue weighted by Gasteiger charge is -2.17. The Hall–Kier alpha value is -1.76. The van der Waals surface area contributed by atoms with E-state index in [4.69, 9.17) is 11.2 Å². The number of hydrogen-bond donors (Lipinski definition) is 1. The minimum Gasteiger partial charge on any atom is -0.478 e. The predicted octanol–water partition coefficient (Wildman–Crippen LogP) is 2.64. The molecule has 1 rings (SSSR count). The highest BCUT2D eigenvalue weighted by atomic mass is 16.5. The van der Waals surface area contributed by atoms with Crippen molar-refractivity contribution in [3.8, 4) is 18.2 Å². The van der Waals surface area contributed by atoms with Gasteiger partial charge in [-0.05, 0) is 19.3 Å². The molecule has 4 heteroatoms. The summed E-state index contributed by atoms with van der Waals surface area (Å²) in [6, 6.07) is 1.74. The van der Waals surface area contributed by atoms with Crippen LogP contribution in [0.2, 0.25) is 0 Å². The normalized spacial score (nSPS) is 12.0. The second-order valence-electron chi connectivity index (χ2n) is 4.55. The van der Waals surface area contributed by atoms with E-state index in [-0.39, 0.29) is 6.04 Å². The summed E-state index contributed by atoms with van der Waals surface area (Å²) >= 11 is 0. The van der Waals surface area contributed by atoms with Gasteiger partial charge in [-0.25, -0.2) is 4.98 Å². The number of anilines is 1. The van der Waals surface area contributed by atoms with Gasteiger partial charge in [0.1, 0.15) is 0 Å². The van der Waals surface area contributed by atoms with Crippen LogP contribution >= 0.6 is 0 Å². The van der Waals surface area contributed by atoms with E-state index in [1.807, 2.05) is 13.0 Å². The molecule has 1 unspecified atom stereocenters. The molecule has 1 heterocycles. The van der Waals surface area contributed by atoms with Gasteiger partial charge in [0, 0.05) is 11.8 Å². The first kappa shape index (κ1) is 14.3. The van der Waals surface area contributed by atoms with Gasteiger partial charge in [-0.3, -0.25) is 0 Å². The fraction of sp³-hybridized carbons (Fsp3) is 0.571. The van der Waals surface area contributed by atoms with Gasteiger partial charge in [0.25, 0.3) is 0 Å². The molecular weight excluding hydrogens is 226 g/mol. The molecule has 0 fully saturated rings. The second kappa shape index (κ2) is 6.85. The van der Waals surface area contributed by atoms with Crippen LogP contribution < -0.4 is 10.1 Å². The number of aromatic nitrogens is 2. The Kier molecular flexibility index (Phi) is 5.44. The Bertz CT molecular complexity index is 424. The molecule has 0 saturated heterocycles. The smallest absolute Gasteiger partial charge is 0.227 e. The maximum Gasteiger partial charge on any atom is 0.227 e. The summed E-state index contributed by atoms with van der Waals surface area (Å²) < 4.78 is 5.51. The molecule has 0 radical (unpaired) electrons. The van der Waals surface area contributed by atoms with E-state index in [1.165, 1.54) is 0 Å².